The van der Waals surface area contributed by atoms with Crippen molar-refractivity contribution in [2.24, 2.45) is 0 Å². The van der Waals surface area contributed by atoms with Gasteiger partial charge in [0.2, 0.25) is 5.75 Å². The molecule has 2 N–H and O–H groups in total. The molecule has 2 rings (SSSR count). The summed E-state index contributed by atoms with van der Waals surface area (Å²) in [7, 11) is 1.49. The molecule has 0 saturated carbocycles. The second kappa shape index (κ2) is 5.91. The molecular weight excluding hydrogens is 276 g/mol. The van der Waals surface area contributed by atoms with Crippen LogP contribution in [0.4, 0.5) is 11.4 Å². The standard InChI is InChI=1S/C14H12N2O5/c1-21-10-5-2-4-9(8-10)15-14(18)11-6-3-7-12(13(11)17)16(19)20/h2-8,17H,1H3,(H,15,18). The minimum absolute atomic E-state index is 0.174. The second-order valence-corrected chi connectivity index (χ2v) is 4.12. The highest BCUT2D eigenvalue weighted by Gasteiger charge is 2.20. The third-order valence-electron chi connectivity index (χ3n) is 2.78. The summed E-state index contributed by atoms with van der Waals surface area (Å²) in [5, 5.41) is 23.1. The largest absolute Gasteiger partial charge is 0.502 e. The molecule has 108 valence electrons. The lowest BCUT2D eigenvalue weighted by Crippen LogP contribution is -2.12. The van der Waals surface area contributed by atoms with E-state index in [-0.39, 0.29) is 5.56 Å². The van der Waals surface area contributed by atoms with Crippen molar-refractivity contribution < 1.29 is 19.6 Å². The van der Waals surface area contributed by atoms with Crippen molar-refractivity contribution in [3.8, 4) is 11.5 Å². The number of carbonyl (C=O) groups excluding carboxylic acids is 1. The predicted molar refractivity (Wildman–Crippen MR) is 75.7 cm³/mol. The van der Waals surface area contributed by atoms with Gasteiger partial charge in [0.05, 0.1) is 17.6 Å². The number of hydrogen-bond donors (Lipinski definition) is 2. The van der Waals surface area contributed by atoms with Gasteiger partial charge in [0.1, 0.15) is 5.75 Å². The van der Waals surface area contributed by atoms with E-state index in [1.54, 1.807) is 24.3 Å². The average molecular weight is 288 g/mol. The number of nitrogens with one attached hydrogen (secondary N) is 1. The highest BCUT2D eigenvalue weighted by atomic mass is 16.6. The van der Waals surface area contributed by atoms with Gasteiger partial charge in [0.15, 0.2) is 0 Å². The maximum atomic E-state index is 12.1. The molecule has 7 heteroatoms. The molecule has 0 radical (unpaired) electrons. The zero-order chi connectivity index (χ0) is 15.4. The first kappa shape index (κ1) is 14.3. The molecule has 0 atom stereocenters. The fourth-order valence-corrected chi connectivity index (χ4v) is 1.76. The number of nitrogens with zero attached hydrogens (tertiary/aromatic N) is 1. The molecular formula is C14H12N2O5. The highest BCUT2D eigenvalue weighted by molar-refractivity contribution is 6.06. The smallest absolute Gasteiger partial charge is 0.311 e. The number of anilines is 1. The summed E-state index contributed by atoms with van der Waals surface area (Å²) in [4.78, 5) is 22.1. The molecule has 7 nitrogen and oxygen atoms in total. The number of phenols is 1. The van der Waals surface area contributed by atoms with Crippen molar-refractivity contribution in [1.29, 1.82) is 0 Å². The topological polar surface area (TPSA) is 102 Å². The normalized spacial score (nSPS) is 9.95. The Bertz CT molecular complexity index is 700. The fourth-order valence-electron chi connectivity index (χ4n) is 1.76. The number of hydrogen-bond acceptors (Lipinski definition) is 5. The van der Waals surface area contributed by atoms with Crippen LogP contribution in [-0.2, 0) is 0 Å². The van der Waals surface area contributed by atoms with Gasteiger partial charge in [-0.2, -0.15) is 0 Å². The van der Waals surface area contributed by atoms with Crippen LogP contribution in [-0.4, -0.2) is 23.0 Å². The first-order chi connectivity index (χ1) is 10.0. The summed E-state index contributed by atoms with van der Waals surface area (Å²) in [6.07, 6.45) is 0. The second-order valence-electron chi connectivity index (χ2n) is 4.12. The maximum Gasteiger partial charge on any atom is 0.311 e. The van der Waals surface area contributed by atoms with Gasteiger partial charge in [-0.05, 0) is 18.2 Å². The molecule has 0 heterocycles. The van der Waals surface area contributed by atoms with Crippen molar-refractivity contribution in [1.82, 2.24) is 0 Å². The monoisotopic (exact) mass is 288 g/mol. The Morgan fingerprint density at radius 1 is 1.29 bits per heavy atom. The minimum atomic E-state index is -0.752. The summed E-state index contributed by atoms with van der Waals surface area (Å²) < 4.78 is 5.03. The number of ether oxygens (including phenoxy) is 1. The number of para-hydroxylation sites is 1. The van der Waals surface area contributed by atoms with Crippen molar-refractivity contribution in [2.45, 2.75) is 0 Å². The van der Waals surface area contributed by atoms with Gasteiger partial charge >= 0.3 is 5.69 Å². The molecule has 0 bridgehead atoms. The van der Waals surface area contributed by atoms with Crippen molar-refractivity contribution in [3.63, 3.8) is 0 Å². The Balaban J connectivity index is 2.28. The van der Waals surface area contributed by atoms with Crippen LogP contribution in [0.25, 0.3) is 0 Å². The third-order valence-corrected chi connectivity index (χ3v) is 2.78. The Hall–Kier alpha value is -3.09. The molecule has 0 unspecified atom stereocenters. The number of amides is 1. The van der Waals surface area contributed by atoms with Crippen LogP contribution in [0, 0.1) is 10.1 Å². The molecule has 0 aliphatic rings. The zero-order valence-electron chi connectivity index (χ0n) is 11.1. The van der Waals surface area contributed by atoms with Gasteiger partial charge in [0.25, 0.3) is 5.91 Å². The number of nitro benzene ring substituents is 1. The fraction of sp³-hybridized carbons (Fsp3) is 0.0714. The van der Waals surface area contributed by atoms with E-state index in [0.29, 0.717) is 11.4 Å². The van der Waals surface area contributed by atoms with E-state index < -0.39 is 22.3 Å². The van der Waals surface area contributed by atoms with Crippen LogP contribution in [0.5, 0.6) is 11.5 Å². The van der Waals surface area contributed by atoms with Gasteiger partial charge in [-0.1, -0.05) is 12.1 Å². The molecule has 2 aromatic carbocycles. The van der Waals surface area contributed by atoms with Gasteiger partial charge in [0, 0.05) is 17.8 Å². The molecule has 1 amide bonds. The van der Waals surface area contributed by atoms with Crippen LogP contribution in [0.3, 0.4) is 0 Å². The maximum absolute atomic E-state index is 12.1. The molecule has 0 spiro atoms. The molecule has 21 heavy (non-hydrogen) atoms. The highest BCUT2D eigenvalue weighted by Crippen LogP contribution is 2.30. The van der Waals surface area contributed by atoms with Crippen LogP contribution < -0.4 is 10.1 Å². The number of rotatable bonds is 4. The first-order valence-electron chi connectivity index (χ1n) is 5.94. The summed E-state index contributed by atoms with van der Waals surface area (Å²) in [5.41, 5.74) is -0.245. The van der Waals surface area contributed by atoms with E-state index in [4.69, 9.17) is 4.74 Å². The summed E-state index contributed by atoms with van der Waals surface area (Å²) in [6.45, 7) is 0. The predicted octanol–water partition coefficient (Wildman–Crippen LogP) is 2.56. The van der Waals surface area contributed by atoms with Crippen LogP contribution >= 0.6 is 0 Å². The molecule has 0 saturated heterocycles. The van der Waals surface area contributed by atoms with Crippen LogP contribution in [0.15, 0.2) is 42.5 Å². The summed E-state index contributed by atoms with van der Waals surface area (Å²) >= 11 is 0. The number of nitro groups is 1. The number of methoxy groups -OCH3 is 1. The molecule has 0 aliphatic carbocycles. The summed E-state index contributed by atoms with van der Waals surface area (Å²) in [5.74, 6) is -0.761. The van der Waals surface area contributed by atoms with E-state index in [2.05, 4.69) is 5.32 Å². The molecule has 0 aliphatic heterocycles. The molecule has 2 aromatic rings. The van der Waals surface area contributed by atoms with Crippen molar-refractivity contribution >= 4 is 17.3 Å². The van der Waals surface area contributed by atoms with Gasteiger partial charge in [-0.25, -0.2) is 0 Å². The number of aromatic hydroxyl groups is 1. The van der Waals surface area contributed by atoms with Crippen LogP contribution in [0.2, 0.25) is 0 Å². The zero-order valence-corrected chi connectivity index (χ0v) is 11.1. The Kier molecular flexibility index (Phi) is 4.03. The SMILES string of the molecule is COc1cccc(NC(=O)c2cccc([N+](=O)[O-])c2O)c1. The van der Waals surface area contributed by atoms with E-state index in [1.807, 2.05) is 0 Å². The number of benzene rings is 2. The van der Waals surface area contributed by atoms with Gasteiger partial charge < -0.3 is 15.2 Å². The number of carbonyl (C=O) groups is 1. The lowest BCUT2D eigenvalue weighted by Gasteiger charge is -2.08. The lowest BCUT2D eigenvalue weighted by atomic mass is 10.1. The first-order valence-corrected chi connectivity index (χ1v) is 5.94. The Labute approximate surface area is 119 Å². The van der Waals surface area contributed by atoms with Crippen molar-refractivity contribution in [2.75, 3.05) is 12.4 Å². The van der Waals surface area contributed by atoms with Crippen molar-refractivity contribution in [3.05, 3.63) is 58.1 Å². The van der Waals surface area contributed by atoms with Gasteiger partial charge in [-0.15, -0.1) is 0 Å². The number of phenolic OH excluding ortho intramolecular Hbond substituents is 1. The minimum Gasteiger partial charge on any atom is -0.502 e. The van der Waals surface area contributed by atoms with E-state index >= 15 is 0 Å². The molecule has 0 aromatic heterocycles. The molecule has 0 fully saturated rings. The lowest BCUT2D eigenvalue weighted by molar-refractivity contribution is -0.385. The Morgan fingerprint density at radius 2 is 2.00 bits per heavy atom. The van der Waals surface area contributed by atoms with E-state index in [9.17, 15) is 20.0 Å². The van der Waals surface area contributed by atoms with E-state index in [0.717, 1.165) is 6.07 Å². The van der Waals surface area contributed by atoms with Gasteiger partial charge in [-0.3, -0.25) is 14.9 Å². The van der Waals surface area contributed by atoms with Crippen LogP contribution in [0.1, 0.15) is 10.4 Å². The Morgan fingerprint density at radius 3 is 2.67 bits per heavy atom. The summed E-state index contributed by atoms with van der Waals surface area (Å²) in [6, 6.07) is 10.4. The van der Waals surface area contributed by atoms with E-state index in [1.165, 1.54) is 19.2 Å². The quantitative estimate of drug-likeness (QED) is 0.665. The average Bonchev–Trinajstić information content (AvgIpc) is 2.47. The third kappa shape index (κ3) is 3.08.